The lowest BCUT2D eigenvalue weighted by Crippen LogP contribution is -2.38. The first-order valence-electron chi connectivity index (χ1n) is 16.0. The molecule has 1 aliphatic heterocycles. The molecule has 0 atom stereocenters. The Bertz CT molecular complexity index is 1970. The van der Waals surface area contributed by atoms with Crippen molar-refractivity contribution in [2.45, 2.75) is 44.4 Å². The number of aromatic nitrogens is 6. The molecule has 1 saturated heterocycles. The number of anilines is 2. The number of nitrogen functional groups attached to an aromatic ring is 1. The normalized spacial score (nSPS) is 15.3. The van der Waals surface area contributed by atoms with E-state index in [0.717, 1.165) is 73.6 Å². The summed E-state index contributed by atoms with van der Waals surface area (Å²) in [6, 6.07) is 20.0. The van der Waals surface area contributed by atoms with Gasteiger partial charge in [-0.2, -0.15) is 5.26 Å². The van der Waals surface area contributed by atoms with Crippen molar-refractivity contribution in [2.75, 3.05) is 24.1 Å². The number of benzene rings is 1. The molecule has 240 valence electrons. The van der Waals surface area contributed by atoms with Gasteiger partial charge in [-0.1, -0.05) is 24.3 Å². The Labute approximate surface area is 278 Å². The van der Waals surface area contributed by atoms with Crippen LogP contribution in [-0.4, -0.2) is 65.8 Å². The van der Waals surface area contributed by atoms with Crippen molar-refractivity contribution < 1.29 is 4.74 Å². The number of likely N-dealkylation sites (tertiary alicyclic amines) is 1. The van der Waals surface area contributed by atoms with E-state index in [-0.39, 0.29) is 11.5 Å². The van der Waals surface area contributed by atoms with Gasteiger partial charge in [0.05, 0.1) is 35.1 Å². The minimum absolute atomic E-state index is 0.175. The van der Waals surface area contributed by atoms with Crippen LogP contribution in [0.5, 0.6) is 5.75 Å². The predicted molar refractivity (Wildman–Crippen MR) is 184 cm³/mol. The number of piperidine rings is 1. The fourth-order valence-corrected chi connectivity index (χ4v) is 5.70. The Morgan fingerprint density at radius 1 is 1.02 bits per heavy atom. The third kappa shape index (κ3) is 7.37. The number of H-pyrrole nitrogens is 1. The van der Waals surface area contributed by atoms with E-state index in [1.165, 1.54) is 5.56 Å². The SMILES string of the molecule is N#Cc1nccc(NC2CCN(Cc3ccc(-c4nc(/C=C\C(=N)c5ccc(OC6CC6)cn5)[nH]c4-c4cccnc4N)cc3)CC2)n1. The van der Waals surface area contributed by atoms with E-state index < -0.39 is 0 Å². The monoisotopic (exact) mass is 637 g/mol. The fraction of sp³-hybridized carbons (Fsp3) is 0.250. The van der Waals surface area contributed by atoms with Crippen LogP contribution in [0.4, 0.5) is 11.6 Å². The van der Waals surface area contributed by atoms with E-state index in [1.807, 2.05) is 24.3 Å². The molecule has 0 spiro atoms. The van der Waals surface area contributed by atoms with E-state index in [1.54, 1.807) is 42.9 Å². The summed E-state index contributed by atoms with van der Waals surface area (Å²) in [7, 11) is 0. The Morgan fingerprint density at radius 3 is 2.58 bits per heavy atom. The number of nitriles is 1. The highest BCUT2D eigenvalue weighted by Gasteiger charge is 2.24. The van der Waals surface area contributed by atoms with Gasteiger partial charge in [-0.3, -0.25) is 15.3 Å². The number of hydrogen-bond acceptors (Lipinski definition) is 11. The zero-order valence-electron chi connectivity index (χ0n) is 26.3. The van der Waals surface area contributed by atoms with Crippen LogP contribution in [0.1, 0.15) is 48.6 Å². The lowest BCUT2D eigenvalue weighted by molar-refractivity contribution is 0.211. The van der Waals surface area contributed by atoms with E-state index in [4.69, 9.17) is 26.1 Å². The van der Waals surface area contributed by atoms with Crippen LogP contribution in [0.15, 0.2) is 79.3 Å². The van der Waals surface area contributed by atoms with Crippen LogP contribution >= 0.6 is 0 Å². The number of allylic oxidation sites excluding steroid dienone is 1. The number of rotatable bonds is 11. The number of imidazole rings is 1. The second-order valence-corrected chi connectivity index (χ2v) is 12.0. The lowest BCUT2D eigenvalue weighted by atomic mass is 10.0. The van der Waals surface area contributed by atoms with Gasteiger partial charge in [-0.05, 0) is 73.7 Å². The first-order valence-corrected chi connectivity index (χ1v) is 16.0. The van der Waals surface area contributed by atoms with E-state index in [9.17, 15) is 0 Å². The van der Waals surface area contributed by atoms with Crippen molar-refractivity contribution in [1.29, 1.82) is 10.7 Å². The van der Waals surface area contributed by atoms with E-state index in [2.05, 4.69) is 59.4 Å². The second-order valence-electron chi connectivity index (χ2n) is 12.0. The van der Waals surface area contributed by atoms with Gasteiger partial charge in [0.2, 0.25) is 5.82 Å². The number of nitrogens with two attached hydrogens (primary N) is 1. The minimum atomic E-state index is 0.175. The molecule has 0 bridgehead atoms. The second kappa shape index (κ2) is 13.8. The van der Waals surface area contributed by atoms with Crippen molar-refractivity contribution in [3.05, 3.63) is 102 Å². The molecular formula is C36H35N11O. The van der Waals surface area contributed by atoms with Crippen molar-refractivity contribution in [2.24, 2.45) is 0 Å². The highest BCUT2D eigenvalue weighted by Crippen LogP contribution is 2.33. The summed E-state index contributed by atoms with van der Waals surface area (Å²) in [4.78, 5) is 27.6. The zero-order chi connectivity index (χ0) is 32.9. The molecular weight excluding hydrogens is 602 g/mol. The van der Waals surface area contributed by atoms with Gasteiger partial charge in [0.1, 0.15) is 29.3 Å². The number of nitrogens with one attached hydrogen (secondary N) is 3. The molecule has 5 N–H and O–H groups in total. The first kappa shape index (κ1) is 30.7. The standard InChI is InChI=1S/C36H35N11O/c37-20-33-40-17-13-32(44-33)43-25-14-18-47(19-15-25)22-23-3-5-24(6-4-23)34-35(28-2-1-16-41-36(28)39)46-31(45-34)12-10-29(38)30-11-9-27(21-42-30)48-26-7-8-26/h1-6,9-13,16-17,21,25-26,38H,7-8,14-15,18-19,22H2,(H2,39,41)(H,45,46)(H,40,43,44)/b12-10-,38-29?. The maximum Gasteiger partial charge on any atom is 0.234 e. The number of ether oxygens (including phenoxy) is 1. The van der Waals surface area contributed by atoms with Crippen LogP contribution in [0.2, 0.25) is 0 Å². The predicted octanol–water partition coefficient (Wildman–Crippen LogP) is 5.48. The molecule has 2 aliphatic rings. The molecule has 12 nitrogen and oxygen atoms in total. The zero-order valence-corrected chi connectivity index (χ0v) is 26.3. The molecule has 5 heterocycles. The molecule has 0 amide bonds. The van der Waals surface area contributed by atoms with Gasteiger partial charge in [0.25, 0.3) is 0 Å². The third-order valence-electron chi connectivity index (χ3n) is 8.41. The summed E-state index contributed by atoms with van der Waals surface area (Å²) in [6.45, 7) is 2.76. The average Bonchev–Trinajstić information content (AvgIpc) is 3.84. The maximum atomic E-state index is 9.07. The van der Waals surface area contributed by atoms with Gasteiger partial charge < -0.3 is 20.8 Å². The number of nitrogens with zero attached hydrogens (tertiary/aromatic N) is 7. The van der Waals surface area contributed by atoms with Crippen molar-refractivity contribution >= 4 is 23.4 Å². The maximum absolute atomic E-state index is 9.07. The van der Waals surface area contributed by atoms with Crippen molar-refractivity contribution in [1.82, 2.24) is 34.8 Å². The molecule has 1 aliphatic carbocycles. The average molecular weight is 638 g/mol. The Morgan fingerprint density at radius 2 is 1.85 bits per heavy atom. The Hall–Kier alpha value is -5.93. The fourth-order valence-electron chi connectivity index (χ4n) is 5.70. The summed E-state index contributed by atoms with van der Waals surface area (Å²) in [5.74, 6) is 2.59. The van der Waals surface area contributed by atoms with Crippen LogP contribution in [0.3, 0.4) is 0 Å². The summed E-state index contributed by atoms with van der Waals surface area (Å²) < 4.78 is 5.78. The molecule has 0 radical (unpaired) electrons. The third-order valence-corrected chi connectivity index (χ3v) is 8.41. The van der Waals surface area contributed by atoms with Crippen LogP contribution in [0.25, 0.3) is 28.6 Å². The van der Waals surface area contributed by atoms with E-state index >= 15 is 0 Å². The van der Waals surface area contributed by atoms with Gasteiger partial charge in [-0.25, -0.2) is 19.9 Å². The minimum Gasteiger partial charge on any atom is -0.489 e. The molecule has 5 aromatic rings. The Balaban J connectivity index is 1.03. The summed E-state index contributed by atoms with van der Waals surface area (Å²) in [5, 5.41) is 21.1. The first-order chi connectivity index (χ1) is 23.5. The number of hydrogen-bond donors (Lipinski definition) is 4. The Kier molecular flexibility index (Phi) is 8.84. The lowest BCUT2D eigenvalue weighted by Gasteiger charge is -2.32. The summed E-state index contributed by atoms with van der Waals surface area (Å²) in [5.41, 5.74) is 11.5. The summed E-state index contributed by atoms with van der Waals surface area (Å²) >= 11 is 0. The number of pyridine rings is 2. The van der Waals surface area contributed by atoms with Crippen molar-refractivity contribution in [3.63, 3.8) is 0 Å². The molecule has 2 fully saturated rings. The topological polar surface area (TPSA) is 178 Å². The molecule has 1 saturated carbocycles. The summed E-state index contributed by atoms with van der Waals surface area (Å²) in [6.07, 6.45) is 12.8. The van der Waals surface area contributed by atoms with Crippen LogP contribution < -0.4 is 15.8 Å². The van der Waals surface area contributed by atoms with Crippen LogP contribution in [0, 0.1) is 16.7 Å². The quantitative estimate of drug-likeness (QED) is 0.136. The number of aromatic amines is 1. The van der Waals surface area contributed by atoms with Gasteiger partial charge in [0, 0.05) is 49.2 Å². The van der Waals surface area contributed by atoms with Crippen LogP contribution in [-0.2, 0) is 6.54 Å². The largest absolute Gasteiger partial charge is 0.489 e. The smallest absolute Gasteiger partial charge is 0.234 e. The molecule has 12 heteroatoms. The molecule has 4 aromatic heterocycles. The highest BCUT2D eigenvalue weighted by atomic mass is 16.5. The highest BCUT2D eigenvalue weighted by molar-refractivity contribution is 6.07. The molecule has 0 unspecified atom stereocenters. The molecule has 48 heavy (non-hydrogen) atoms. The molecule has 7 rings (SSSR count). The van der Waals surface area contributed by atoms with Gasteiger partial charge in [-0.15, -0.1) is 0 Å². The van der Waals surface area contributed by atoms with Gasteiger partial charge in [0.15, 0.2) is 0 Å². The van der Waals surface area contributed by atoms with E-state index in [0.29, 0.717) is 35.3 Å². The molecule has 1 aromatic carbocycles. The van der Waals surface area contributed by atoms with Gasteiger partial charge >= 0.3 is 0 Å². The van der Waals surface area contributed by atoms with Crippen molar-refractivity contribution in [3.8, 4) is 34.3 Å².